The van der Waals surface area contributed by atoms with Crippen LogP contribution in [0.3, 0.4) is 0 Å². The summed E-state index contributed by atoms with van der Waals surface area (Å²) in [4.78, 5) is 0. The van der Waals surface area contributed by atoms with Gasteiger partial charge in [0.05, 0.1) is 0 Å². The minimum atomic E-state index is 0.890. The van der Waals surface area contributed by atoms with Crippen LogP contribution in [-0.2, 0) is 0 Å². The zero-order valence-corrected chi connectivity index (χ0v) is 32.8. The molecule has 12 rings (SSSR count). The molecular formula is C56H38O2. The van der Waals surface area contributed by atoms with Crippen molar-refractivity contribution >= 4 is 76.2 Å². The van der Waals surface area contributed by atoms with Crippen LogP contribution in [0.15, 0.2) is 167 Å². The van der Waals surface area contributed by atoms with Crippen molar-refractivity contribution in [3.63, 3.8) is 0 Å². The Bertz CT molecular complexity index is 3350. The van der Waals surface area contributed by atoms with Crippen LogP contribution in [0.5, 0.6) is 0 Å². The first-order valence-electron chi connectivity index (χ1n) is 20.1. The summed E-state index contributed by atoms with van der Waals surface area (Å²) in [6.45, 7) is 8.77. The number of benzene rings is 10. The van der Waals surface area contributed by atoms with Crippen LogP contribution in [0.1, 0.15) is 22.3 Å². The minimum absolute atomic E-state index is 0.890. The van der Waals surface area contributed by atoms with Gasteiger partial charge in [0.1, 0.15) is 22.3 Å². The van der Waals surface area contributed by atoms with Crippen molar-refractivity contribution in [3.8, 4) is 44.5 Å². The molecule has 274 valence electrons. The summed E-state index contributed by atoms with van der Waals surface area (Å²) in [6, 6.07) is 57.9. The number of aryl methyl sites for hydroxylation is 4. The molecule has 0 saturated carbocycles. The minimum Gasteiger partial charge on any atom is -0.455 e. The first-order chi connectivity index (χ1) is 28.3. The topological polar surface area (TPSA) is 26.3 Å². The van der Waals surface area contributed by atoms with Crippen molar-refractivity contribution < 1.29 is 8.83 Å². The number of rotatable bonds is 4. The van der Waals surface area contributed by atoms with E-state index in [0.717, 1.165) is 65.8 Å². The molecule has 10 aromatic carbocycles. The second kappa shape index (κ2) is 12.2. The Morgan fingerprint density at radius 3 is 1.07 bits per heavy atom. The summed E-state index contributed by atoms with van der Waals surface area (Å²) in [5.74, 6) is 0. The van der Waals surface area contributed by atoms with Crippen molar-refractivity contribution in [2.24, 2.45) is 0 Å². The standard InChI is InChI=1S/C56H38O2/c1-31-19-32(2)22-39(21-31)43-27-49-54-46(30-48-42-18-16-38(26-52(42)57-55(48)49)36-13-9-6-10-14-36)44(40-23-33(3)20-34(4)24-40)28-50-53(54)45(43)29-47-41-17-15-37(25-51(41)58-56(47)50)35-11-7-5-8-12-35/h5-30H,1-4H3. The van der Waals surface area contributed by atoms with Gasteiger partial charge in [0.15, 0.2) is 0 Å². The van der Waals surface area contributed by atoms with Crippen LogP contribution in [-0.4, -0.2) is 0 Å². The van der Waals surface area contributed by atoms with Gasteiger partial charge in [0.2, 0.25) is 0 Å². The molecule has 2 heterocycles. The summed E-state index contributed by atoms with van der Waals surface area (Å²) in [6.07, 6.45) is 0. The van der Waals surface area contributed by atoms with Gasteiger partial charge in [-0.15, -0.1) is 0 Å². The van der Waals surface area contributed by atoms with Gasteiger partial charge in [-0.05, 0) is 132 Å². The lowest BCUT2D eigenvalue weighted by Gasteiger charge is -2.19. The molecule has 0 aliphatic rings. The molecule has 0 unspecified atom stereocenters. The average molecular weight is 743 g/mol. The maximum Gasteiger partial charge on any atom is 0.143 e. The SMILES string of the molecule is Cc1cc(C)cc(-c2cc3c4oc5cc(-c6ccccc6)ccc5c4cc4c(-c5cc(C)cc(C)c5)cc5c6oc7cc(-c8ccccc8)ccc7c6cc2c5c43)c1. The van der Waals surface area contributed by atoms with E-state index in [2.05, 4.69) is 185 Å². The number of fused-ring (bicyclic) bond motifs is 8. The third kappa shape index (κ3) is 4.91. The van der Waals surface area contributed by atoms with E-state index in [4.69, 9.17) is 8.83 Å². The third-order valence-corrected chi connectivity index (χ3v) is 12.3. The molecule has 0 aliphatic carbocycles. The van der Waals surface area contributed by atoms with E-state index in [1.807, 2.05) is 0 Å². The van der Waals surface area contributed by atoms with Gasteiger partial charge in [0, 0.05) is 43.1 Å². The lowest BCUT2D eigenvalue weighted by atomic mass is 9.83. The number of furan rings is 2. The highest BCUT2D eigenvalue weighted by atomic mass is 16.3. The highest BCUT2D eigenvalue weighted by Crippen LogP contribution is 2.51. The van der Waals surface area contributed by atoms with E-state index in [0.29, 0.717) is 0 Å². The molecule has 0 fully saturated rings. The van der Waals surface area contributed by atoms with Gasteiger partial charge in [0.25, 0.3) is 0 Å². The third-order valence-electron chi connectivity index (χ3n) is 12.3. The molecule has 0 amide bonds. The lowest BCUT2D eigenvalue weighted by Crippen LogP contribution is -1.93. The Hall–Kier alpha value is -7.16. The molecule has 0 N–H and O–H groups in total. The van der Waals surface area contributed by atoms with E-state index < -0.39 is 0 Å². The molecule has 0 aliphatic heterocycles. The van der Waals surface area contributed by atoms with Gasteiger partial charge in [-0.1, -0.05) is 131 Å². The average Bonchev–Trinajstić information content (AvgIpc) is 3.79. The van der Waals surface area contributed by atoms with E-state index in [1.165, 1.54) is 77.2 Å². The smallest absolute Gasteiger partial charge is 0.143 e. The zero-order chi connectivity index (χ0) is 38.8. The molecule has 2 heteroatoms. The van der Waals surface area contributed by atoms with Crippen LogP contribution in [0.2, 0.25) is 0 Å². The Kier molecular flexibility index (Phi) is 6.93. The highest BCUT2D eigenvalue weighted by Gasteiger charge is 2.25. The van der Waals surface area contributed by atoms with Gasteiger partial charge >= 0.3 is 0 Å². The maximum absolute atomic E-state index is 7.06. The predicted octanol–water partition coefficient (Wildman–Crippen LogP) is 16.3. The molecular weight excluding hydrogens is 705 g/mol. The van der Waals surface area contributed by atoms with E-state index in [-0.39, 0.29) is 0 Å². The highest BCUT2D eigenvalue weighted by molar-refractivity contribution is 6.38. The Balaban J connectivity index is 1.28. The maximum atomic E-state index is 7.06. The van der Waals surface area contributed by atoms with E-state index in [1.54, 1.807) is 0 Å². The molecule has 2 nitrogen and oxygen atoms in total. The Morgan fingerprint density at radius 1 is 0.276 bits per heavy atom. The summed E-state index contributed by atoms with van der Waals surface area (Å²) < 4.78 is 14.1. The molecule has 58 heavy (non-hydrogen) atoms. The molecule has 0 spiro atoms. The fourth-order valence-electron chi connectivity index (χ4n) is 9.91. The summed E-state index contributed by atoms with van der Waals surface area (Å²) in [5.41, 5.74) is 18.0. The summed E-state index contributed by atoms with van der Waals surface area (Å²) in [7, 11) is 0. The number of hydrogen-bond donors (Lipinski definition) is 0. The van der Waals surface area contributed by atoms with Gasteiger partial charge in [-0.25, -0.2) is 0 Å². The van der Waals surface area contributed by atoms with Crippen LogP contribution in [0.4, 0.5) is 0 Å². The summed E-state index contributed by atoms with van der Waals surface area (Å²) >= 11 is 0. The molecule has 0 saturated heterocycles. The molecule has 0 radical (unpaired) electrons. The van der Waals surface area contributed by atoms with Crippen molar-refractivity contribution in [3.05, 3.63) is 180 Å². The molecule has 12 aromatic rings. The quantitative estimate of drug-likeness (QED) is 0.168. The lowest BCUT2D eigenvalue weighted by molar-refractivity contribution is 0.672. The number of hydrogen-bond acceptors (Lipinski definition) is 2. The molecule has 0 bridgehead atoms. The van der Waals surface area contributed by atoms with Crippen LogP contribution < -0.4 is 0 Å². The fraction of sp³-hybridized carbons (Fsp3) is 0.0714. The van der Waals surface area contributed by atoms with E-state index in [9.17, 15) is 0 Å². The van der Waals surface area contributed by atoms with E-state index >= 15 is 0 Å². The van der Waals surface area contributed by atoms with Crippen LogP contribution in [0.25, 0.3) is 121 Å². The van der Waals surface area contributed by atoms with Gasteiger partial charge in [-0.2, -0.15) is 0 Å². The second-order valence-electron chi connectivity index (χ2n) is 16.4. The zero-order valence-electron chi connectivity index (χ0n) is 32.8. The van der Waals surface area contributed by atoms with Crippen molar-refractivity contribution in [1.29, 1.82) is 0 Å². The van der Waals surface area contributed by atoms with Crippen LogP contribution in [0, 0.1) is 27.7 Å². The van der Waals surface area contributed by atoms with Crippen molar-refractivity contribution in [2.75, 3.05) is 0 Å². The monoisotopic (exact) mass is 742 g/mol. The van der Waals surface area contributed by atoms with Crippen LogP contribution >= 0.6 is 0 Å². The summed E-state index contributed by atoms with van der Waals surface area (Å²) in [5, 5.41) is 11.6. The predicted molar refractivity (Wildman–Crippen MR) is 245 cm³/mol. The van der Waals surface area contributed by atoms with Crippen molar-refractivity contribution in [1.82, 2.24) is 0 Å². The van der Waals surface area contributed by atoms with Gasteiger partial charge < -0.3 is 8.83 Å². The fourth-order valence-corrected chi connectivity index (χ4v) is 9.91. The Labute approximate surface area is 335 Å². The second-order valence-corrected chi connectivity index (χ2v) is 16.4. The Morgan fingerprint density at radius 2 is 0.672 bits per heavy atom. The molecule has 0 atom stereocenters. The first kappa shape index (κ1) is 33.0. The first-order valence-corrected chi connectivity index (χ1v) is 20.1. The van der Waals surface area contributed by atoms with Crippen molar-refractivity contribution in [2.45, 2.75) is 27.7 Å². The van der Waals surface area contributed by atoms with Gasteiger partial charge in [-0.3, -0.25) is 0 Å². The molecule has 2 aromatic heterocycles. The normalized spacial score (nSPS) is 12.1. The largest absolute Gasteiger partial charge is 0.455 e.